The highest BCUT2D eigenvalue weighted by Crippen LogP contribution is 2.18. The predicted octanol–water partition coefficient (Wildman–Crippen LogP) is 2.80. The molecule has 0 rings (SSSR count). The monoisotopic (exact) mass is 219 g/mol. The van der Waals surface area contributed by atoms with Gasteiger partial charge in [0.25, 0.3) is 0 Å². The van der Waals surface area contributed by atoms with Crippen molar-refractivity contribution in [3.05, 3.63) is 0 Å². The van der Waals surface area contributed by atoms with Crippen molar-refractivity contribution in [2.75, 3.05) is 5.88 Å². The molecule has 3 heteroatoms. The molecule has 0 spiro atoms. The minimum atomic E-state index is 0.0396. The van der Waals surface area contributed by atoms with E-state index in [-0.39, 0.29) is 17.4 Å². The Kier molecular flexibility index (Phi) is 5.50. The van der Waals surface area contributed by atoms with Crippen LogP contribution >= 0.6 is 11.6 Å². The number of carbonyl (C=O) groups is 1. The van der Waals surface area contributed by atoms with Gasteiger partial charge < -0.3 is 5.32 Å². The smallest absolute Gasteiger partial charge is 0.220 e. The van der Waals surface area contributed by atoms with Crippen molar-refractivity contribution in [2.45, 2.75) is 47.1 Å². The topological polar surface area (TPSA) is 29.1 Å². The van der Waals surface area contributed by atoms with Gasteiger partial charge >= 0.3 is 0 Å². The second-order valence-electron chi connectivity index (χ2n) is 5.31. The van der Waals surface area contributed by atoms with E-state index in [4.69, 9.17) is 11.6 Å². The normalized spacial score (nSPS) is 14.2. The van der Waals surface area contributed by atoms with Crippen molar-refractivity contribution >= 4 is 17.5 Å². The van der Waals surface area contributed by atoms with Crippen LogP contribution in [0.15, 0.2) is 0 Å². The van der Waals surface area contributed by atoms with Gasteiger partial charge in [0, 0.05) is 18.3 Å². The molecule has 0 aliphatic carbocycles. The summed E-state index contributed by atoms with van der Waals surface area (Å²) in [6.07, 6.45) is 0.549. The van der Waals surface area contributed by atoms with Crippen LogP contribution in [0, 0.1) is 11.3 Å². The molecule has 1 amide bonds. The Bertz CT molecular complexity index is 184. The highest BCUT2D eigenvalue weighted by atomic mass is 35.5. The van der Waals surface area contributed by atoms with Gasteiger partial charge in [0.05, 0.1) is 0 Å². The van der Waals surface area contributed by atoms with Crippen molar-refractivity contribution in [3.8, 4) is 0 Å². The lowest BCUT2D eigenvalue weighted by atomic mass is 9.91. The first-order valence-electron chi connectivity index (χ1n) is 5.11. The first-order chi connectivity index (χ1) is 6.26. The lowest BCUT2D eigenvalue weighted by molar-refractivity contribution is -0.123. The maximum Gasteiger partial charge on any atom is 0.220 e. The van der Waals surface area contributed by atoms with E-state index in [9.17, 15) is 4.79 Å². The number of alkyl halides is 1. The average Bonchev–Trinajstić information content (AvgIpc) is 1.96. The summed E-state index contributed by atoms with van der Waals surface area (Å²) < 4.78 is 0. The Labute approximate surface area is 92.4 Å². The van der Waals surface area contributed by atoms with Crippen molar-refractivity contribution < 1.29 is 4.79 Å². The predicted molar refractivity (Wildman–Crippen MR) is 61.6 cm³/mol. The number of amides is 1. The standard InChI is InChI=1S/C11H22ClNO/c1-8(2)9(7-12)13-10(14)6-11(3,4)5/h8-9H,6-7H2,1-5H3,(H,13,14). The lowest BCUT2D eigenvalue weighted by Crippen LogP contribution is -2.41. The van der Waals surface area contributed by atoms with E-state index in [1.807, 2.05) is 0 Å². The summed E-state index contributed by atoms with van der Waals surface area (Å²) in [5.41, 5.74) is 0.0396. The van der Waals surface area contributed by atoms with Gasteiger partial charge in [-0.05, 0) is 11.3 Å². The average molecular weight is 220 g/mol. The number of rotatable bonds is 4. The molecule has 2 nitrogen and oxygen atoms in total. The third kappa shape index (κ3) is 6.25. The molecule has 0 heterocycles. The fourth-order valence-corrected chi connectivity index (χ4v) is 1.56. The fourth-order valence-electron chi connectivity index (χ4n) is 1.12. The van der Waals surface area contributed by atoms with Gasteiger partial charge in [0.15, 0.2) is 0 Å². The molecule has 0 aromatic rings. The quantitative estimate of drug-likeness (QED) is 0.724. The molecule has 0 saturated carbocycles. The lowest BCUT2D eigenvalue weighted by Gasteiger charge is -2.23. The number of hydrogen-bond acceptors (Lipinski definition) is 1. The molecular weight excluding hydrogens is 198 g/mol. The second kappa shape index (κ2) is 5.59. The third-order valence-electron chi connectivity index (χ3n) is 2.01. The van der Waals surface area contributed by atoms with Crippen molar-refractivity contribution in [2.24, 2.45) is 11.3 Å². The van der Waals surface area contributed by atoms with E-state index in [0.717, 1.165) is 0 Å². The third-order valence-corrected chi connectivity index (χ3v) is 2.34. The van der Waals surface area contributed by atoms with E-state index >= 15 is 0 Å². The molecule has 0 aliphatic rings. The number of carbonyl (C=O) groups excluding carboxylic acids is 1. The van der Waals surface area contributed by atoms with Crippen LogP contribution in [0.25, 0.3) is 0 Å². The zero-order valence-corrected chi connectivity index (χ0v) is 10.6. The van der Waals surface area contributed by atoms with Crippen molar-refractivity contribution in [3.63, 3.8) is 0 Å². The van der Waals surface area contributed by atoms with Crippen LogP contribution < -0.4 is 5.32 Å². The molecule has 0 aliphatic heterocycles. The minimum absolute atomic E-state index is 0.0396. The second-order valence-corrected chi connectivity index (χ2v) is 5.62. The van der Waals surface area contributed by atoms with Crippen LogP contribution in [0.2, 0.25) is 0 Å². The van der Waals surface area contributed by atoms with E-state index in [1.54, 1.807) is 0 Å². The van der Waals surface area contributed by atoms with Gasteiger partial charge in [-0.25, -0.2) is 0 Å². The van der Waals surface area contributed by atoms with Crippen LogP contribution in [0.4, 0.5) is 0 Å². The van der Waals surface area contributed by atoms with Gasteiger partial charge in [-0.3, -0.25) is 4.79 Å². The SMILES string of the molecule is CC(C)C(CCl)NC(=O)CC(C)(C)C. The summed E-state index contributed by atoms with van der Waals surface area (Å²) in [4.78, 5) is 11.6. The van der Waals surface area contributed by atoms with Crippen LogP contribution in [-0.4, -0.2) is 17.8 Å². The number of halogens is 1. The summed E-state index contributed by atoms with van der Waals surface area (Å²) in [6.45, 7) is 10.3. The molecule has 0 bridgehead atoms. The summed E-state index contributed by atoms with van der Waals surface area (Å²) in [7, 11) is 0. The van der Waals surface area contributed by atoms with Crippen LogP contribution in [0.1, 0.15) is 41.0 Å². The number of nitrogens with one attached hydrogen (secondary N) is 1. The van der Waals surface area contributed by atoms with Crippen LogP contribution in [0.3, 0.4) is 0 Å². The Morgan fingerprint density at radius 3 is 2.14 bits per heavy atom. The Balaban J connectivity index is 4.04. The Hall–Kier alpha value is -0.240. The van der Waals surface area contributed by atoms with Crippen LogP contribution in [0.5, 0.6) is 0 Å². The van der Waals surface area contributed by atoms with E-state index < -0.39 is 0 Å². The zero-order chi connectivity index (χ0) is 11.4. The molecule has 0 radical (unpaired) electrons. The molecule has 0 aromatic heterocycles. The summed E-state index contributed by atoms with van der Waals surface area (Å²) in [5, 5.41) is 2.95. The first kappa shape index (κ1) is 13.8. The highest BCUT2D eigenvalue weighted by Gasteiger charge is 2.19. The number of hydrogen-bond donors (Lipinski definition) is 1. The maximum atomic E-state index is 11.6. The Morgan fingerprint density at radius 2 is 1.86 bits per heavy atom. The van der Waals surface area contributed by atoms with Crippen molar-refractivity contribution in [1.29, 1.82) is 0 Å². The van der Waals surface area contributed by atoms with Gasteiger partial charge in [0.2, 0.25) is 5.91 Å². The fraction of sp³-hybridized carbons (Fsp3) is 0.909. The molecule has 1 N–H and O–H groups in total. The minimum Gasteiger partial charge on any atom is -0.352 e. The largest absolute Gasteiger partial charge is 0.352 e. The molecule has 1 unspecified atom stereocenters. The molecular formula is C11H22ClNO. The molecule has 14 heavy (non-hydrogen) atoms. The van der Waals surface area contributed by atoms with Gasteiger partial charge in [-0.15, -0.1) is 11.6 Å². The van der Waals surface area contributed by atoms with Gasteiger partial charge in [0.1, 0.15) is 0 Å². The molecule has 0 aromatic carbocycles. The van der Waals surface area contributed by atoms with E-state index in [0.29, 0.717) is 18.2 Å². The van der Waals surface area contributed by atoms with Crippen molar-refractivity contribution in [1.82, 2.24) is 5.32 Å². The zero-order valence-electron chi connectivity index (χ0n) is 9.86. The summed E-state index contributed by atoms with van der Waals surface area (Å²) in [6, 6.07) is 0.0894. The summed E-state index contributed by atoms with van der Waals surface area (Å²) in [5.74, 6) is 0.960. The first-order valence-corrected chi connectivity index (χ1v) is 5.65. The van der Waals surface area contributed by atoms with E-state index in [2.05, 4.69) is 39.9 Å². The molecule has 0 saturated heterocycles. The molecule has 1 atom stereocenters. The highest BCUT2D eigenvalue weighted by molar-refractivity contribution is 6.18. The van der Waals surface area contributed by atoms with Crippen LogP contribution in [-0.2, 0) is 4.79 Å². The van der Waals surface area contributed by atoms with Gasteiger partial charge in [-0.2, -0.15) is 0 Å². The van der Waals surface area contributed by atoms with Gasteiger partial charge in [-0.1, -0.05) is 34.6 Å². The summed E-state index contributed by atoms with van der Waals surface area (Å²) >= 11 is 5.76. The molecule has 84 valence electrons. The van der Waals surface area contributed by atoms with E-state index in [1.165, 1.54) is 0 Å². The molecule has 0 fully saturated rings. The Morgan fingerprint density at radius 1 is 1.36 bits per heavy atom. The maximum absolute atomic E-state index is 11.6.